The minimum absolute atomic E-state index is 0.383. The van der Waals surface area contributed by atoms with Crippen LogP contribution in [-0.4, -0.2) is 30.6 Å². The molecule has 0 atom stereocenters. The molecule has 4 aromatic rings. The van der Waals surface area contributed by atoms with Crippen molar-refractivity contribution in [3.63, 3.8) is 0 Å². The number of nitrogens with one attached hydrogen (secondary N) is 1. The molecular formula is C24H20N2O4S2. The third-order valence-corrected chi connectivity index (χ3v) is 6.79. The van der Waals surface area contributed by atoms with Crippen molar-refractivity contribution in [1.29, 1.82) is 0 Å². The standard InChI is InChI=1S/C24H20N2O4S2/c1-29-20-8-4-2-6-18(20)25-22(27)14-30-23(28)17-12-10-16(11-13-17)15-31-24-26-19-7-3-5-9-21(19)32-24/h2-13H,14-15H2,1H3,(H,25,27). The van der Waals surface area contributed by atoms with Crippen LogP contribution in [-0.2, 0) is 15.3 Å². The smallest absolute Gasteiger partial charge is 0.338 e. The van der Waals surface area contributed by atoms with E-state index in [9.17, 15) is 9.59 Å². The molecular weight excluding hydrogens is 444 g/mol. The van der Waals surface area contributed by atoms with Crippen LogP contribution in [0.4, 0.5) is 5.69 Å². The lowest BCUT2D eigenvalue weighted by Crippen LogP contribution is -2.21. The van der Waals surface area contributed by atoms with Gasteiger partial charge < -0.3 is 14.8 Å². The van der Waals surface area contributed by atoms with Gasteiger partial charge in [-0.15, -0.1) is 11.3 Å². The zero-order valence-corrected chi connectivity index (χ0v) is 18.9. The second kappa shape index (κ2) is 10.3. The molecule has 32 heavy (non-hydrogen) atoms. The van der Waals surface area contributed by atoms with E-state index in [0.717, 1.165) is 21.2 Å². The summed E-state index contributed by atoms with van der Waals surface area (Å²) in [6.07, 6.45) is 0. The summed E-state index contributed by atoms with van der Waals surface area (Å²) in [5.74, 6) is 0.292. The van der Waals surface area contributed by atoms with Gasteiger partial charge in [0.05, 0.1) is 28.6 Å². The average Bonchev–Trinajstić information content (AvgIpc) is 3.25. The second-order valence-corrected chi connectivity index (χ2v) is 9.01. The highest BCUT2D eigenvalue weighted by atomic mass is 32.2. The SMILES string of the molecule is COc1ccccc1NC(=O)COC(=O)c1ccc(CSc2nc3ccccc3s2)cc1. The van der Waals surface area contributed by atoms with E-state index < -0.39 is 11.9 Å². The Balaban J connectivity index is 1.27. The number of methoxy groups -OCH3 is 1. The van der Waals surface area contributed by atoms with Crippen molar-refractivity contribution in [3.8, 4) is 5.75 Å². The van der Waals surface area contributed by atoms with E-state index in [1.807, 2.05) is 30.3 Å². The van der Waals surface area contributed by atoms with Gasteiger partial charge >= 0.3 is 5.97 Å². The molecule has 1 N–H and O–H groups in total. The Morgan fingerprint density at radius 1 is 1.00 bits per heavy atom. The molecule has 4 rings (SSSR count). The van der Waals surface area contributed by atoms with Gasteiger partial charge in [0.1, 0.15) is 5.75 Å². The molecule has 1 aromatic heterocycles. The third kappa shape index (κ3) is 5.46. The van der Waals surface area contributed by atoms with Gasteiger partial charge in [-0.05, 0) is 42.0 Å². The number of nitrogens with zero attached hydrogens (tertiary/aromatic N) is 1. The molecule has 0 spiro atoms. The van der Waals surface area contributed by atoms with Gasteiger partial charge in [0.2, 0.25) is 0 Å². The molecule has 0 fully saturated rings. The van der Waals surface area contributed by atoms with E-state index in [2.05, 4.69) is 16.4 Å². The molecule has 1 amide bonds. The molecule has 0 aliphatic rings. The van der Waals surface area contributed by atoms with Crippen molar-refractivity contribution < 1.29 is 19.1 Å². The quantitative estimate of drug-likeness (QED) is 0.278. The summed E-state index contributed by atoms with van der Waals surface area (Å²) in [5, 5.41) is 2.67. The van der Waals surface area contributed by atoms with E-state index in [-0.39, 0.29) is 6.61 Å². The molecule has 1 heterocycles. The maximum Gasteiger partial charge on any atom is 0.338 e. The summed E-state index contributed by atoms with van der Waals surface area (Å²) < 4.78 is 12.5. The molecule has 0 bridgehead atoms. The van der Waals surface area contributed by atoms with Gasteiger partial charge in [0.25, 0.3) is 5.91 Å². The number of hydrogen-bond donors (Lipinski definition) is 1. The molecule has 0 unspecified atom stereocenters. The normalized spacial score (nSPS) is 10.7. The molecule has 0 saturated heterocycles. The predicted octanol–water partition coefficient (Wildman–Crippen LogP) is 5.39. The molecule has 162 valence electrons. The number of fused-ring (bicyclic) bond motifs is 1. The average molecular weight is 465 g/mol. The number of benzene rings is 3. The van der Waals surface area contributed by atoms with Crippen molar-refractivity contribution in [2.24, 2.45) is 0 Å². The van der Waals surface area contributed by atoms with Crippen molar-refractivity contribution >= 4 is 50.9 Å². The van der Waals surface area contributed by atoms with Gasteiger partial charge in [-0.2, -0.15) is 0 Å². The Morgan fingerprint density at radius 3 is 2.53 bits per heavy atom. The van der Waals surface area contributed by atoms with Crippen LogP contribution in [0.25, 0.3) is 10.2 Å². The van der Waals surface area contributed by atoms with Crippen LogP contribution in [0, 0.1) is 0 Å². The molecule has 0 radical (unpaired) electrons. The number of aromatic nitrogens is 1. The Bertz CT molecular complexity index is 1210. The Hall–Kier alpha value is -3.36. The highest BCUT2D eigenvalue weighted by Crippen LogP contribution is 2.31. The van der Waals surface area contributed by atoms with Gasteiger partial charge in [-0.1, -0.05) is 48.2 Å². The van der Waals surface area contributed by atoms with Crippen LogP contribution in [0.2, 0.25) is 0 Å². The highest BCUT2D eigenvalue weighted by Gasteiger charge is 2.12. The number of thioether (sulfide) groups is 1. The number of rotatable bonds is 8. The summed E-state index contributed by atoms with van der Waals surface area (Å²) in [6.45, 7) is -0.383. The van der Waals surface area contributed by atoms with Crippen molar-refractivity contribution in [1.82, 2.24) is 4.98 Å². The first-order valence-corrected chi connectivity index (χ1v) is 11.6. The van der Waals surface area contributed by atoms with Crippen LogP contribution in [0.15, 0.2) is 77.1 Å². The van der Waals surface area contributed by atoms with Crippen molar-refractivity contribution in [2.75, 3.05) is 19.0 Å². The predicted molar refractivity (Wildman–Crippen MR) is 128 cm³/mol. The lowest BCUT2D eigenvalue weighted by Gasteiger charge is -2.10. The van der Waals surface area contributed by atoms with E-state index in [1.165, 1.54) is 11.8 Å². The Morgan fingerprint density at radius 2 is 1.75 bits per heavy atom. The fourth-order valence-corrected chi connectivity index (χ4v) is 4.97. The second-order valence-electron chi connectivity index (χ2n) is 6.76. The Kier molecular flexibility index (Phi) is 7.03. The van der Waals surface area contributed by atoms with Gasteiger partial charge in [-0.3, -0.25) is 4.79 Å². The number of hydrogen-bond acceptors (Lipinski definition) is 7. The minimum Gasteiger partial charge on any atom is -0.495 e. The number of ether oxygens (including phenoxy) is 2. The molecule has 0 saturated carbocycles. The van der Waals surface area contributed by atoms with Crippen LogP contribution in [0.3, 0.4) is 0 Å². The number of carbonyl (C=O) groups excluding carboxylic acids is 2. The van der Waals surface area contributed by atoms with E-state index in [4.69, 9.17) is 9.47 Å². The summed E-state index contributed by atoms with van der Waals surface area (Å²) in [4.78, 5) is 29.0. The first kappa shape index (κ1) is 21.9. The summed E-state index contributed by atoms with van der Waals surface area (Å²) >= 11 is 3.33. The topological polar surface area (TPSA) is 77.5 Å². The molecule has 3 aromatic carbocycles. The first-order valence-electron chi connectivity index (χ1n) is 9.79. The maximum atomic E-state index is 12.3. The Labute approximate surface area is 193 Å². The monoisotopic (exact) mass is 464 g/mol. The van der Waals surface area contributed by atoms with Gasteiger partial charge in [-0.25, -0.2) is 9.78 Å². The highest BCUT2D eigenvalue weighted by molar-refractivity contribution is 8.00. The summed E-state index contributed by atoms with van der Waals surface area (Å²) in [5.41, 5.74) is 2.99. The molecule has 6 nitrogen and oxygen atoms in total. The number of amides is 1. The maximum absolute atomic E-state index is 12.3. The molecule has 0 aliphatic carbocycles. The lowest BCUT2D eigenvalue weighted by molar-refractivity contribution is -0.119. The van der Waals surface area contributed by atoms with E-state index in [1.54, 1.807) is 59.5 Å². The zero-order valence-electron chi connectivity index (χ0n) is 17.2. The zero-order chi connectivity index (χ0) is 22.3. The van der Waals surface area contributed by atoms with Crippen molar-refractivity contribution in [3.05, 3.63) is 83.9 Å². The minimum atomic E-state index is -0.550. The molecule has 8 heteroatoms. The van der Waals surface area contributed by atoms with Crippen LogP contribution in [0.1, 0.15) is 15.9 Å². The first-order chi connectivity index (χ1) is 15.6. The van der Waals surface area contributed by atoms with Crippen LogP contribution >= 0.6 is 23.1 Å². The summed E-state index contributed by atoms with van der Waals surface area (Å²) in [7, 11) is 1.52. The summed E-state index contributed by atoms with van der Waals surface area (Å²) in [6, 6.07) is 22.3. The number of anilines is 1. The number of carbonyl (C=O) groups is 2. The number of para-hydroxylation sites is 3. The van der Waals surface area contributed by atoms with Crippen LogP contribution < -0.4 is 10.1 Å². The van der Waals surface area contributed by atoms with Gasteiger partial charge in [0, 0.05) is 5.75 Å². The number of thiazole rings is 1. The van der Waals surface area contributed by atoms with Gasteiger partial charge in [0.15, 0.2) is 10.9 Å². The van der Waals surface area contributed by atoms with Crippen molar-refractivity contribution in [2.45, 2.75) is 10.1 Å². The van der Waals surface area contributed by atoms with E-state index in [0.29, 0.717) is 17.0 Å². The largest absolute Gasteiger partial charge is 0.495 e. The lowest BCUT2D eigenvalue weighted by atomic mass is 10.1. The van der Waals surface area contributed by atoms with E-state index >= 15 is 0 Å². The molecule has 0 aliphatic heterocycles. The fourth-order valence-electron chi connectivity index (χ4n) is 2.94. The third-order valence-electron chi connectivity index (χ3n) is 4.54. The number of esters is 1. The van der Waals surface area contributed by atoms with Crippen LogP contribution in [0.5, 0.6) is 5.75 Å². The fraction of sp³-hybridized carbons (Fsp3) is 0.125.